The Morgan fingerprint density at radius 1 is 0.571 bits per heavy atom. The zero-order valence-corrected chi connectivity index (χ0v) is 23.9. The van der Waals surface area contributed by atoms with Gasteiger partial charge in [-0.1, -0.05) is 117 Å². The predicted molar refractivity (Wildman–Crippen MR) is 146 cm³/mol. The number of aliphatic hydroxyl groups is 1. The van der Waals surface area contributed by atoms with Crippen LogP contribution < -0.4 is 0 Å². The highest BCUT2D eigenvalue weighted by molar-refractivity contribution is 7.80. The molecule has 0 saturated carbocycles. The van der Waals surface area contributed by atoms with E-state index in [1.54, 1.807) is 0 Å². The van der Waals surface area contributed by atoms with Crippen molar-refractivity contribution >= 4 is 10.4 Å². The Kier molecular flexibility index (Phi) is 25.3. The van der Waals surface area contributed by atoms with Gasteiger partial charge >= 0.3 is 10.4 Å². The molecule has 2 unspecified atom stereocenters. The zero-order valence-electron chi connectivity index (χ0n) is 23.1. The molecule has 0 spiro atoms. The Morgan fingerprint density at radius 2 is 0.943 bits per heavy atom. The number of rotatable bonds is 28. The molecule has 0 aromatic heterocycles. The summed E-state index contributed by atoms with van der Waals surface area (Å²) in [5, 5.41) is 9.34. The molecule has 2 atom stereocenters. The van der Waals surface area contributed by atoms with Gasteiger partial charge in [0.1, 0.15) is 0 Å². The summed E-state index contributed by atoms with van der Waals surface area (Å²) in [4.78, 5) is 0. The standard InChI is InChI=1S/C28H58O6S/c1-3-5-7-9-11-13-15-17-21-27(23-19-25-29)34-28(24-20-26-33-35(30,31)32)22-18-16-14-12-10-8-6-4-2/h27-29H,3-26H2,1-2H3,(H,30,31,32). The monoisotopic (exact) mass is 522 g/mol. The third kappa shape index (κ3) is 26.7. The molecule has 7 heteroatoms. The predicted octanol–water partition coefficient (Wildman–Crippen LogP) is 8.17. The molecule has 0 saturated heterocycles. The fourth-order valence-electron chi connectivity index (χ4n) is 4.64. The Balaban J connectivity index is 4.47. The SMILES string of the molecule is CCCCCCCCCCC(CCCO)OC(CCCCCCCCCC)CCCOS(=O)(=O)O. The first-order chi connectivity index (χ1) is 16.9. The molecule has 0 amide bonds. The maximum atomic E-state index is 10.8. The summed E-state index contributed by atoms with van der Waals surface area (Å²) in [7, 11) is -4.38. The van der Waals surface area contributed by atoms with Gasteiger partial charge in [0.15, 0.2) is 0 Å². The molecule has 0 aliphatic carbocycles. The summed E-state index contributed by atoms with van der Waals surface area (Å²) in [6.07, 6.45) is 25.5. The van der Waals surface area contributed by atoms with Gasteiger partial charge < -0.3 is 9.84 Å². The van der Waals surface area contributed by atoms with Crippen LogP contribution in [0.25, 0.3) is 0 Å². The lowest BCUT2D eigenvalue weighted by atomic mass is 10.0. The van der Waals surface area contributed by atoms with Crippen LogP contribution in [0.15, 0.2) is 0 Å². The summed E-state index contributed by atoms with van der Waals surface area (Å²) in [6.45, 7) is 4.65. The first kappa shape index (κ1) is 34.8. The molecule has 2 N–H and O–H groups in total. The minimum absolute atomic E-state index is 0.0184. The van der Waals surface area contributed by atoms with E-state index in [4.69, 9.17) is 9.29 Å². The first-order valence-electron chi connectivity index (χ1n) is 14.8. The van der Waals surface area contributed by atoms with E-state index in [9.17, 15) is 13.5 Å². The molecule has 0 bridgehead atoms. The van der Waals surface area contributed by atoms with E-state index in [1.165, 1.54) is 89.9 Å². The maximum Gasteiger partial charge on any atom is 0.397 e. The Bertz CT molecular complexity index is 526. The second-order valence-electron chi connectivity index (χ2n) is 10.2. The molecule has 6 nitrogen and oxygen atoms in total. The summed E-state index contributed by atoms with van der Waals surface area (Å²) < 4.78 is 41.5. The van der Waals surface area contributed by atoms with Crippen LogP contribution in [0, 0.1) is 0 Å². The van der Waals surface area contributed by atoms with Crippen molar-refractivity contribution in [3.05, 3.63) is 0 Å². The van der Waals surface area contributed by atoms with Crippen LogP contribution in [0.1, 0.15) is 155 Å². The summed E-state index contributed by atoms with van der Waals surface area (Å²) in [5.41, 5.74) is 0. The number of hydrogen-bond donors (Lipinski definition) is 2. The van der Waals surface area contributed by atoms with Crippen molar-refractivity contribution in [2.45, 2.75) is 167 Å². The van der Waals surface area contributed by atoms with Gasteiger partial charge in [-0.05, 0) is 38.5 Å². The van der Waals surface area contributed by atoms with Crippen LogP contribution >= 0.6 is 0 Å². The molecule has 0 aliphatic rings. The minimum Gasteiger partial charge on any atom is -0.396 e. The quantitative estimate of drug-likeness (QED) is 0.0795. The molecule has 35 heavy (non-hydrogen) atoms. The second-order valence-corrected chi connectivity index (χ2v) is 11.3. The second kappa shape index (κ2) is 25.4. The molecule has 212 valence electrons. The van der Waals surface area contributed by atoms with Gasteiger partial charge in [0, 0.05) is 6.61 Å². The van der Waals surface area contributed by atoms with Gasteiger partial charge in [-0.2, -0.15) is 8.42 Å². The normalized spacial score (nSPS) is 13.8. The maximum absolute atomic E-state index is 10.8. The molecular formula is C28H58O6S. The van der Waals surface area contributed by atoms with E-state index >= 15 is 0 Å². The third-order valence-corrected chi connectivity index (χ3v) is 7.20. The first-order valence-corrected chi connectivity index (χ1v) is 16.2. The van der Waals surface area contributed by atoms with E-state index < -0.39 is 10.4 Å². The number of aliphatic hydroxyl groups excluding tert-OH is 1. The van der Waals surface area contributed by atoms with E-state index in [2.05, 4.69) is 18.0 Å². The lowest BCUT2D eigenvalue weighted by molar-refractivity contribution is -0.0347. The number of unbranched alkanes of at least 4 members (excludes halogenated alkanes) is 14. The van der Waals surface area contributed by atoms with Gasteiger partial charge in [0.2, 0.25) is 0 Å². The minimum atomic E-state index is -4.38. The molecular weight excluding hydrogens is 464 g/mol. The highest BCUT2D eigenvalue weighted by atomic mass is 32.3. The summed E-state index contributed by atoms with van der Waals surface area (Å²) in [5.74, 6) is 0. The molecule has 0 fully saturated rings. The number of ether oxygens (including phenoxy) is 1. The van der Waals surface area contributed by atoms with E-state index in [-0.39, 0.29) is 25.4 Å². The van der Waals surface area contributed by atoms with Gasteiger partial charge in [-0.25, -0.2) is 4.18 Å². The largest absolute Gasteiger partial charge is 0.397 e. The topological polar surface area (TPSA) is 93.1 Å². The van der Waals surface area contributed by atoms with E-state index in [0.29, 0.717) is 6.42 Å². The van der Waals surface area contributed by atoms with Crippen LogP contribution in [-0.2, 0) is 19.3 Å². The smallest absolute Gasteiger partial charge is 0.396 e. The van der Waals surface area contributed by atoms with Crippen molar-refractivity contribution in [1.29, 1.82) is 0 Å². The van der Waals surface area contributed by atoms with Crippen LogP contribution in [0.5, 0.6) is 0 Å². The number of hydrogen-bond acceptors (Lipinski definition) is 5. The molecule has 0 aliphatic heterocycles. The van der Waals surface area contributed by atoms with Crippen molar-refractivity contribution in [1.82, 2.24) is 0 Å². The van der Waals surface area contributed by atoms with Crippen LogP contribution in [0.4, 0.5) is 0 Å². The van der Waals surface area contributed by atoms with E-state index in [1.807, 2.05) is 0 Å². The van der Waals surface area contributed by atoms with Gasteiger partial charge in [0.05, 0.1) is 18.8 Å². The van der Waals surface area contributed by atoms with Crippen molar-refractivity contribution < 1.29 is 27.0 Å². The van der Waals surface area contributed by atoms with Gasteiger partial charge in [-0.3, -0.25) is 4.55 Å². The van der Waals surface area contributed by atoms with E-state index in [0.717, 1.165) is 44.9 Å². The third-order valence-electron chi connectivity index (χ3n) is 6.73. The molecule has 0 aromatic rings. The molecule has 0 rings (SSSR count). The summed E-state index contributed by atoms with van der Waals surface area (Å²) in [6, 6.07) is 0. The fourth-order valence-corrected chi connectivity index (χ4v) is 4.97. The molecule has 0 heterocycles. The fraction of sp³-hybridized carbons (Fsp3) is 1.00. The average molecular weight is 523 g/mol. The van der Waals surface area contributed by atoms with Crippen molar-refractivity contribution in [3.63, 3.8) is 0 Å². The zero-order chi connectivity index (χ0) is 26.0. The lowest BCUT2D eigenvalue weighted by Crippen LogP contribution is -2.23. The summed E-state index contributed by atoms with van der Waals surface area (Å²) >= 11 is 0. The van der Waals surface area contributed by atoms with Crippen molar-refractivity contribution in [2.24, 2.45) is 0 Å². The highest BCUT2D eigenvalue weighted by Crippen LogP contribution is 2.21. The van der Waals surface area contributed by atoms with Crippen molar-refractivity contribution in [3.8, 4) is 0 Å². The van der Waals surface area contributed by atoms with Crippen LogP contribution in [0.3, 0.4) is 0 Å². The molecule has 0 radical (unpaired) electrons. The Hall–Kier alpha value is -0.210. The Labute approximate surface area is 217 Å². The van der Waals surface area contributed by atoms with Gasteiger partial charge in [-0.15, -0.1) is 0 Å². The van der Waals surface area contributed by atoms with Crippen LogP contribution in [-0.4, -0.2) is 43.5 Å². The lowest BCUT2D eigenvalue weighted by Gasteiger charge is -2.25. The van der Waals surface area contributed by atoms with Gasteiger partial charge in [0.25, 0.3) is 0 Å². The molecule has 0 aromatic carbocycles. The van der Waals surface area contributed by atoms with Crippen molar-refractivity contribution in [2.75, 3.05) is 13.2 Å². The average Bonchev–Trinajstić information content (AvgIpc) is 2.82. The Morgan fingerprint density at radius 3 is 1.34 bits per heavy atom. The van der Waals surface area contributed by atoms with Crippen LogP contribution in [0.2, 0.25) is 0 Å². The highest BCUT2D eigenvalue weighted by Gasteiger charge is 2.17.